The molecule has 1 fully saturated rings. The summed E-state index contributed by atoms with van der Waals surface area (Å²) in [5, 5.41) is 0.116. The first-order valence-electron chi connectivity index (χ1n) is 21.5. The van der Waals surface area contributed by atoms with Crippen molar-refractivity contribution in [2.24, 2.45) is 0 Å². The molecule has 6 atom stereocenters. The molecule has 2 rings (SSSR count). The molecule has 2 aliphatic rings. The largest absolute Gasteiger partial charge is 0.455 e. The number of cyclic esters (lactones) is 1. The van der Waals surface area contributed by atoms with Crippen molar-refractivity contribution in [1.29, 1.82) is 0 Å². The Balaban J connectivity index is 1.81. The molecule has 312 valence electrons. The van der Waals surface area contributed by atoms with Gasteiger partial charge in [0.05, 0.1) is 24.4 Å². The van der Waals surface area contributed by atoms with E-state index >= 15 is 0 Å². The number of allylic oxidation sites excluding steroid dienone is 2. The predicted molar refractivity (Wildman–Crippen MR) is 223 cm³/mol. The second-order valence-corrected chi connectivity index (χ2v) is 21.8. The van der Waals surface area contributed by atoms with Gasteiger partial charge in [0.25, 0.3) is 0 Å². The summed E-state index contributed by atoms with van der Waals surface area (Å²) < 4.78 is 41.6. The van der Waals surface area contributed by atoms with Crippen LogP contribution in [0.5, 0.6) is 0 Å². The van der Waals surface area contributed by atoms with Gasteiger partial charge in [-0.25, -0.2) is 4.79 Å². The first-order valence-corrected chi connectivity index (χ1v) is 24.4. The summed E-state index contributed by atoms with van der Waals surface area (Å²) in [5.41, 5.74) is 0.766. The van der Waals surface area contributed by atoms with Gasteiger partial charge in [0, 0.05) is 38.7 Å². The first kappa shape index (κ1) is 48.6. The Kier molecular flexibility index (Phi) is 25.2. The van der Waals surface area contributed by atoms with Crippen LogP contribution >= 0.6 is 0 Å². The monoisotopic (exact) mass is 777 g/mol. The fraction of sp³-hybridized carbons (Fsp3) is 0.844. The van der Waals surface area contributed by atoms with Gasteiger partial charge in [-0.15, -0.1) is 0 Å². The van der Waals surface area contributed by atoms with E-state index in [-0.39, 0.29) is 61.2 Å². The molecule has 0 aromatic rings. The minimum absolute atomic E-state index is 0.0309. The second-order valence-electron chi connectivity index (χ2n) is 17.1. The number of carbonyl (C=O) groups excluding carboxylic acids is 1. The van der Waals surface area contributed by atoms with E-state index in [2.05, 4.69) is 58.7 Å². The van der Waals surface area contributed by atoms with Crippen LogP contribution in [-0.2, 0) is 37.6 Å². The van der Waals surface area contributed by atoms with Crippen molar-refractivity contribution >= 4 is 14.3 Å². The van der Waals surface area contributed by atoms with E-state index in [0.717, 1.165) is 63.4 Å². The fourth-order valence-corrected chi connectivity index (χ4v) is 8.44. The number of unbranched alkanes of at least 4 members (excludes halogenated alkanes) is 12. The van der Waals surface area contributed by atoms with E-state index in [1.807, 2.05) is 19.1 Å². The maximum Gasteiger partial charge on any atom is 0.334 e. The van der Waals surface area contributed by atoms with Crippen LogP contribution < -0.4 is 0 Å². The van der Waals surface area contributed by atoms with E-state index in [4.69, 9.17) is 32.8 Å². The highest BCUT2D eigenvalue weighted by molar-refractivity contribution is 6.74. The fourth-order valence-electron chi connectivity index (χ4n) is 7.05. The normalized spacial score (nSPS) is 21.9. The summed E-state index contributed by atoms with van der Waals surface area (Å²) in [4.78, 5) is 12.3. The number of hydrogen-bond acceptors (Lipinski definition) is 8. The molecule has 0 bridgehead atoms. The molecule has 0 aromatic carbocycles. The van der Waals surface area contributed by atoms with Crippen molar-refractivity contribution in [2.75, 3.05) is 27.8 Å². The van der Waals surface area contributed by atoms with Gasteiger partial charge in [-0.2, -0.15) is 0 Å². The highest BCUT2D eigenvalue weighted by atomic mass is 28.4. The van der Waals surface area contributed by atoms with Crippen LogP contribution in [-0.4, -0.2) is 78.7 Å². The average molecular weight is 777 g/mol. The van der Waals surface area contributed by atoms with Gasteiger partial charge in [-0.1, -0.05) is 123 Å². The maximum atomic E-state index is 12.3. The van der Waals surface area contributed by atoms with Gasteiger partial charge in [0.1, 0.15) is 19.7 Å². The zero-order chi connectivity index (χ0) is 39.7. The smallest absolute Gasteiger partial charge is 0.334 e. The Bertz CT molecular complexity index is 1120. The number of esters is 1. The lowest BCUT2D eigenvalue weighted by Crippen LogP contribution is -2.46. The molecular weight excluding hydrogens is 697 g/mol. The van der Waals surface area contributed by atoms with Crippen molar-refractivity contribution in [3.05, 3.63) is 23.8 Å². The molecule has 0 saturated carbocycles. The molecule has 9 heteroatoms. The van der Waals surface area contributed by atoms with E-state index in [9.17, 15) is 4.79 Å². The summed E-state index contributed by atoms with van der Waals surface area (Å²) in [5.74, 6) is 6.37. The zero-order valence-electron chi connectivity index (χ0n) is 36.0. The first-order chi connectivity index (χ1) is 25.9. The van der Waals surface area contributed by atoms with Crippen LogP contribution in [0.4, 0.5) is 0 Å². The second kappa shape index (κ2) is 28.0. The zero-order valence-corrected chi connectivity index (χ0v) is 37.0. The lowest BCUT2D eigenvalue weighted by Gasteiger charge is -2.39. The molecule has 2 aliphatic heterocycles. The molecule has 1 saturated heterocycles. The lowest BCUT2D eigenvalue weighted by molar-refractivity contribution is -0.207. The molecule has 0 spiro atoms. The molecule has 0 aliphatic carbocycles. The minimum atomic E-state index is -1.97. The van der Waals surface area contributed by atoms with E-state index in [0.29, 0.717) is 12.8 Å². The average Bonchev–Trinajstić information content (AvgIpc) is 3.44. The summed E-state index contributed by atoms with van der Waals surface area (Å²) in [6.07, 6.45) is 28.2. The molecule has 0 radical (unpaired) electrons. The quantitative estimate of drug-likeness (QED) is 0.0244. The highest BCUT2D eigenvalue weighted by Crippen LogP contribution is 2.39. The molecule has 54 heavy (non-hydrogen) atoms. The lowest BCUT2D eigenvalue weighted by atomic mass is 9.93. The third-order valence-electron chi connectivity index (χ3n) is 11.3. The Labute approximate surface area is 332 Å². The maximum absolute atomic E-state index is 12.3. The molecule has 0 unspecified atom stereocenters. The summed E-state index contributed by atoms with van der Waals surface area (Å²) in [6.45, 7) is 16.1. The van der Waals surface area contributed by atoms with Crippen LogP contribution in [0, 0.1) is 11.8 Å². The van der Waals surface area contributed by atoms with Gasteiger partial charge < -0.3 is 32.8 Å². The molecule has 2 heterocycles. The molecular formula is C45H80O8Si. The Morgan fingerprint density at radius 3 is 2.22 bits per heavy atom. The van der Waals surface area contributed by atoms with Crippen LogP contribution in [0.3, 0.4) is 0 Å². The van der Waals surface area contributed by atoms with Gasteiger partial charge in [0.15, 0.2) is 8.32 Å². The standard InChI is InChI=1S/C45H80O8Si/c1-10-11-12-13-14-15-16-21-24-27-30-42-41(50-36-48-7)31-32-43(52-42)40(49-35-47-6)29-26-23-20-18-17-19-22-25-28-39(53-54(8,9)45(3,4)5)34-38-33-37(2)51-44(38)46/h18,20,33,37,39-43H,10-17,19,21-22,24-25,27-32,34-36H2,1-9H3/b20-18-/t37-,39+,40+,41+,42+,43+/m0/s1. The van der Waals surface area contributed by atoms with Crippen molar-refractivity contribution in [1.82, 2.24) is 0 Å². The van der Waals surface area contributed by atoms with Gasteiger partial charge in [-0.05, 0) is 75.7 Å². The summed E-state index contributed by atoms with van der Waals surface area (Å²) in [6, 6.07) is 0. The van der Waals surface area contributed by atoms with Gasteiger partial charge in [-0.3, -0.25) is 0 Å². The Morgan fingerprint density at radius 1 is 0.926 bits per heavy atom. The van der Waals surface area contributed by atoms with Crippen LogP contribution in [0.2, 0.25) is 18.1 Å². The molecule has 0 aromatic heterocycles. The van der Waals surface area contributed by atoms with Crippen LogP contribution in [0.1, 0.15) is 163 Å². The number of ether oxygens (including phenoxy) is 6. The third kappa shape index (κ3) is 20.1. The van der Waals surface area contributed by atoms with E-state index in [1.54, 1.807) is 14.2 Å². The van der Waals surface area contributed by atoms with Crippen LogP contribution in [0.25, 0.3) is 0 Å². The summed E-state index contributed by atoms with van der Waals surface area (Å²) in [7, 11) is 1.36. The third-order valence-corrected chi connectivity index (χ3v) is 15.8. The summed E-state index contributed by atoms with van der Waals surface area (Å²) >= 11 is 0. The number of carbonyl (C=O) groups is 1. The van der Waals surface area contributed by atoms with Gasteiger partial charge in [0.2, 0.25) is 0 Å². The van der Waals surface area contributed by atoms with Crippen molar-refractivity contribution < 1.29 is 37.6 Å². The Hall–Kier alpha value is -1.51. The molecule has 0 amide bonds. The molecule has 8 nitrogen and oxygen atoms in total. The SMILES string of the molecule is CCCCCCCCCCCC[C@H]1O[C@@H]([C@@H](CC#C/C=C\CCCCC[C@H](CC2=C[C@H](C)OC2=O)O[Si](C)(C)C(C)(C)C)OCOC)CC[C@H]1OCOC. The number of methoxy groups -OCH3 is 2. The van der Waals surface area contributed by atoms with E-state index in [1.165, 1.54) is 57.8 Å². The van der Waals surface area contributed by atoms with Crippen molar-refractivity contribution in [3.63, 3.8) is 0 Å². The minimum Gasteiger partial charge on any atom is -0.455 e. The predicted octanol–water partition coefficient (Wildman–Crippen LogP) is 11.4. The number of rotatable bonds is 29. The topological polar surface area (TPSA) is 81.7 Å². The van der Waals surface area contributed by atoms with Gasteiger partial charge >= 0.3 is 5.97 Å². The Morgan fingerprint density at radius 2 is 1.59 bits per heavy atom. The van der Waals surface area contributed by atoms with Crippen LogP contribution in [0.15, 0.2) is 23.8 Å². The van der Waals surface area contributed by atoms with Crippen molar-refractivity contribution in [3.8, 4) is 11.8 Å². The highest BCUT2D eigenvalue weighted by Gasteiger charge is 2.40. The number of hydrogen-bond donors (Lipinski definition) is 0. The molecule has 0 N–H and O–H groups in total. The van der Waals surface area contributed by atoms with Crippen molar-refractivity contribution in [2.45, 2.75) is 218 Å². The van der Waals surface area contributed by atoms with E-state index < -0.39 is 8.32 Å².